The van der Waals surface area contributed by atoms with E-state index in [1.54, 1.807) is 67.4 Å². The average Bonchev–Trinajstić information content (AvgIpc) is 1.40. The van der Waals surface area contributed by atoms with Gasteiger partial charge in [-0.2, -0.15) is 15.0 Å². The van der Waals surface area contributed by atoms with Gasteiger partial charge in [-0.05, 0) is 53.1 Å². The molecule has 6 N–H and O–H groups in total. The van der Waals surface area contributed by atoms with E-state index in [2.05, 4.69) is 60.8 Å². The third kappa shape index (κ3) is 16.1. The van der Waals surface area contributed by atoms with E-state index < -0.39 is 38.3 Å². The number of aromatic nitrogens is 12. The molecule has 0 bridgehead atoms. The predicted octanol–water partition coefficient (Wildman–Crippen LogP) is 7.11. The molecule has 0 unspecified atom stereocenters. The molecule has 24 nitrogen and oxygen atoms in total. The zero-order valence-electron chi connectivity index (χ0n) is 54.3. The number of anilines is 3. The number of halogens is 6. The number of aromatic amines is 3. The highest BCUT2D eigenvalue weighted by molar-refractivity contribution is 6.43. The quantitative estimate of drug-likeness (QED) is 0.0500. The van der Waals surface area contributed by atoms with Crippen LogP contribution in [0.2, 0.25) is 30.1 Å². The first-order chi connectivity index (χ1) is 44.4. The Hall–Kier alpha value is -6.39. The number of hydrogen-bond acceptors (Lipinski definition) is 18. The number of rotatable bonds is 18. The highest BCUT2D eigenvalue weighted by Gasteiger charge is 2.18. The van der Waals surface area contributed by atoms with E-state index in [1.807, 2.05) is 17.0 Å². The van der Waals surface area contributed by atoms with Crippen LogP contribution in [0.1, 0.15) is 30.4 Å². The minimum atomic E-state index is -2.42. The zero-order valence-corrected chi connectivity index (χ0v) is 48.9. The second-order valence-corrected chi connectivity index (χ2v) is 21.2. The highest BCUT2D eigenvalue weighted by Crippen LogP contribution is 2.25. The smallest absolute Gasteiger partial charge is 0.278 e. The summed E-state index contributed by atoms with van der Waals surface area (Å²) >= 11 is 35.8. The van der Waals surface area contributed by atoms with Crippen LogP contribution in [0, 0.1) is 0 Å². The first-order valence-corrected chi connectivity index (χ1v) is 28.2. The monoisotopic (exact) mass is 1280 g/mol. The fraction of sp³-hybridized carbons (Fsp3) is 0.389. The molecular formula is C54H60Cl6N18O6. The number of fused-ring (bicyclic) bond motifs is 3. The molecule has 3 aliphatic rings. The first kappa shape index (κ1) is 48.8. The van der Waals surface area contributed by atoms with Crippen LogP contribution in [0.15, 0.2) is 88.0 Å². The summed E-state index contributed by atoms with van der Waals surface area (Å²) in [6.07, 6.45) is 4.52. The molecule has 0 amide bonds. The fourth-order valence-corrected chi connectivity index (χ4v) is 9.61. The van der Waals surface area contributed by atoms with Crippen LogP contribution in [0.4, 0.5) is 17.8 Å². The van der Waals surface area contributed by atoms with Gasteiger partial charge >= 0.3 is 0 Å². The summed E-state index contributed by atoms with van der Waals surface area (Å²) in [5, 5.41) is 11.8. The average molecular weight is 1280 g/mol. The maximum absolute atomic E-state index is 12.7. The Kier molecular flexibility index (Phi) is 16.9. The predicted molar refractivity (Wildman–Crippen MR) is 328 cm³/mol. The Morgan fingerprint density at radius 3 is 1.18 bits per heavy atom. The molecule has 3 aliphatic heterocycles. The second kappa shape index (κ2) is 29.1. The van der Waals surface area contributed by atoms with Crippen molar-refractivity contribution in [3.05, 3.63) is 151 Å². The summed E-state index contributed by atoms with van der Waals surface area (Å²) < 4.78 is 97.7. The molecule has 0 saturated carbocycles. The van der Waals surface area contributed by atoms with Gasteiger partial charge in [-0.1, -0.05) is 87.8 Å². The molecule has 3 aromatic carbocycles. The van der Waals surface area contributed by atoms with Crippen LogP contribution < -0.4 is 32.6 Å². The van der Waals surface area contributed by atoms with E-state index in [0.29, 0.717) is 106 Å². The number of benzene rings is 3. The van der Waals surface area contributed by atoms with Gasteiger partial charge in [-0.15, -0.1) is 0 Å². The van der Waals surface area contributed by atoms with Crippen molar-refractivity contribution in [1.29, 1.82) is 0 Å². The highest BCUT2D eigenvalue weighted by atomic mass is 35.5. The van der Waals surface area contributed by atoms with Crippen LogP contribution in [0.25, 0.3) is 33.5 Å². The largest absolute Gasteiger partial charge is 0.379 e. The van der Waals surface area contributed by atoms with Crippen molar-refractivity contribution in [3.8, 4) is 0 Å². The minimum Gasteiger partial charge on any atom is -0.379 e. The lowest BCUT2D eigenvalue weighted by atomic mass is 10.2. The molecule has 0 atom stereocenters. The SMILES string of the molecule is [2H]C1([2H])CN(CCn2cnc3nc(NCc4ccc(Cl)c(Cl)c4)[nH]c(=O)c32)CC([2H])([2H])O1.[2H]C1([2H])CN(CCn2cnc3nc(NCc4ccc(Cl)c(Cl)c4)[nH]c(=O)c32)CCO1.[2H]C1([2H])OCCN(CCn2cnc3nc(NCc4ccc(Cl)c(Cl)c4)[nH]c(=O)c32)C1([2H])[2H]. The molecule has 30 heteroatoms. The van der Waals surface area contributed by atoms with E-state index in [0.717, 1.165) is 16.7 Å². The van der Waals surface area contributed by atoms with Gasteiger partial charge in [0.05, 0.1) is 99.5 Å². The molecule has 9 aromatic rings. The van der Waals surface area contributed by atoms with Gasteiger partial charge in [-0.25, -0.2) is 15.0 Å². The molecule has 0 aliphatic carbocycles. The maximum atomic E-state index is 12.7. The topological polar surface area (TPSA) is 264 Å². The van der Waals surface area contributed by atoms with E-state index in [9.17, 15) is 14.4 Å². The molecule has 3 fully saturated rings. The third-order valence-corrected chi connectivity index (χ3v) is 15.3. The molecule has 12 rings (SSSR count). The lowest BCUT2D eigenvalue weighted by Gasteiger charge is -2.26. The molecule has 444 valence electrons. The Morgan fingerprint density at radius 1 is 0.440 bits per heavy atom. The summed E-state index contributed by atoms with van der Waals surface area (Å²) in [4.78, 5) is 76.7. The number of morpholine rings is 3. The van der Waals surface area contributed by atoms with Crippen molar-refractivity contribution < 1.29 is 27.9 Å². The first-order valence-electron chi connectivity index (χ1n) is 31.0. The zero-order chi connectivity index (χ0) is 67.5. The van der Waals surface area contributed by atoms with Crippen LogP contribution >= 0.6 is 69.6 Å². The lowest BCUT2D eigenvalue weighted by Crippen LogP contribution is -2.38. The lowest BCUT2D eigenvalue weighted by molar-refractivity contribution is 0.0364. The summed E-state index contributed by atoms with van der Waals surface area (Å²) in [5.74, 6) is 0.815. The Balaban J connectivity index is 0.000000154. The second-order valence-electron chi connectivity index (χ2n) is 18.8. The van der Waals surface area contributed by atoms with Crippen molar-refractivity contribution in [2.45, 2.75) is 39.3 Å². The van der Waals surface area contributed by atoms with Crippen molar-refractivity contribution in [3.63, 3.8) is 0 Å². The van der Waals surface area contributed by atoms with Gasteiger partial charge < -0.3 is 43.9 Å². The molecule has 84 heavy (non-hydrogen) atoms. The van der Waals surface area contributed by atoms with E-state index in [1.165, 1.54) is 17.6 Å². The van der Waals surface area contributed by atoms with Gasteiger partial charge in [-0.3, -0.25) is 44.0 Å². The summed E-state index contributed by atoms with van der Waals surface area (Å²) in [5.41, 5.74) is 3.29. The van der Waals surface area contributed by atoms with E-state index >= 15 is 0 Å². The van der Waals surface area contributed by atoms with Gasteiger partial charge in [0.1, 0.15) is 0 Å². The van der Waals surface area contributed by atoms with Gasteiger partial charge in [0, 0.05) is 101 Å². The van der Waals surface area contributed by atoms with E-state index in [-0.39, 0.29) is 91.2 Å². The number of nitrogens with zero attached hydrogens (tertiary/aromatic N) is 12. The van der Waals surface area contributed by atoms with Crippen molar-refractivity contribution in [2.24, 2.45) is 0 Å². The van der Waals surface area contributed by atoms with Crippen LogP contribution in [-0.4, -0.2) is 172 Å². The number of imidazole rings is 3. The normalized spacial score (nSPS) is 20.0. The van der Waals surface area contributed by atoms with Gasteiger partial charge in [0.2, 0.25) is 17.8 Å². The van der Waals surface area contributed by atoms with Crippen LogP contribution in [0.5, 0.6) is 0 Å². The number of nitrogens with one attached hydrogen (secondary N) is 6. The summed E-state index contributed by atoms with van der Waals surface area (Å²) in [7, 11) is 0. The molecule has 0 spiro atoms. The van der Waals surface area contributed by atoms with Crippen molar-refractivity contribution in [1.82, 2.24) is 73.3 Å². The Labute approximate surface area is 524 Å². The summed E-state index contributed by atoms with van der Waals surface area (Å²) in [6.45, 7) is -5.99. The van der Waals surface area contributed by atoms with Crippen molar-refractivity contribution in [2.75, 3.05) is 114 Å². The number of hydrogen-bond donors (Lipinski definition) is 6. The van der Waals surface area contributed by atoms with Gasteiger partial charge in [0.15, 0.2) is 33.5 Å². The van der Waals surface area contributed by atoms with Gasteiger partial charge in [0.25, 0.3) is 16.7 Å². The number of H-pyrrole nitrogens is 3. The molecule has 6 aromatic heterocycles. The summed E-state index contributed by atoms with van der Waals surface area (Å²) in [6, 6.07) is 15.7. The Morgan fingerprint density at radius 2 is 0.786 bits per heavy atom. The fourth-order valence-electron chi connectivity index (χ4n) is 8.64. The Bertz CT molecular complexity index is 4370. The standard InChI is InChI=1S/3C18H20Cl2N6O2/c3*19-13-2-1-12(9-14(13)20)10-21-18-23-16-15(17(27)24-18)26(11-22-16)4-3-25-5-7-28-8-6-25/h3*1-2,9,11H,3-8,10H2,(H2,21,23,24,27)/i7D2,8D2;5D2,7D2;7D2. The molecule has 9 heterocycles. The van der Waals surface area contributed by atoms with E-state index in [4.69, 9.17) is 97.5 Å². The minimum absolute atomic E-state index is 0.0729. The molecular weight excluding hydrogens is 1210 g/mol. The third-order valence-electron chi connectivity index (χ3n) is 13.1. The van der Waals surface area contributed by atoms with Crippen molar-refractivity contribution >= 4 is 121 Å². The molecule has 0 radical (unpaired) electrons. The van der Waals surface area contributed by atoms with Crippen LogP contribution in [0.3, 0.4) is 0 Å². The number of ether oxygens (including phenoxy) is 3. The van der Waals surface area contributed by atoms with Crippen LogP contribution in [-0.2, 0) is 53.5 Å². The maximum Gasteiger partial charge on any atom is 0.278 e. The molecule has 3 saturated heterocycles.